The van der Waals surface area contributed by atoms with E-state index in [1.807, 2.05) is 12.1 Å². The summed E-state index contributed by atoms with van der Waals surface area (Å²) in [6, 6.07) is 8.12. The maximum Gasteiger partial charge on any atom is 0.119 e. The largest absolute Gasteiger partial charge is 0.497 e. The minimum Gasteiger partial charge on any atom is -0.497 e. The summed E-state index contributed by atoms with van der Waals surface area (Å²) in [5, 5.41) is 13.2. The molecule has 1 saturated carbocycles. The second-order valence-corrected chi connectivity index (χ2v) is 5.67. The third kappa shape index (κ3) is 3.95. The highest BCUT2D eigenvalue weighted by atomic mass is 16.5. The Labute approximate surface area is 116 Å². The zero-order valence-corrected chi connectivity index (χ0v) is 11.8. The van der Waals surface area contributed by atoms with Crippen LogP contribution in [0.25, 0.3) is 0 Å². The van der Waals surface area contributed by atoms with E-state index in [0.717, 1.165) is 31.7 Å². The van der Waals surface area contributed by atoms with Crippen LogP contribution in [0.2, 0.25) is 0 Å². The van der Waals surface area contributed by atoms with Crippen molar-refractivity contribution < 1.29 is 9.84 Å². The lowest BCUT2D eigenvalue weighted by Crippen LogP contribution is -2.38. The molecular formula is C16H25NO2. The third-order valence-corrected chi connectivity index (χ3v) is 4.21. The molecule has 0 aromatic heterocycles. The Morgan fingerprint density at radius 1 is 1.26 bits per heavy atom. The van der Waals surface area contributed by atoms with Gasteiger partial charge in [-0.25, -0.2) is 0 Å². The van der Waals surface area contributed by atoms with E-state index in [9.17, 15) is 5.11 Å². The fourth-order valence-corrected chi connectivity index (χ4v) is 2.95. The van der Waals surface area contributed by atoms with Gasteiger partial charge in [-0.15, -0.1) is 0 Å². The number of aliphatic hydroxyl groups excluding tert-OH is 1. The zero-order valence-electron chi connectivity index (χ0n) is 11.8. The van der Waals surface area contributed by atoms with Crippen LogP contribution in [-0.2, 0) is 6.54 Å². The molecule has 0 saturated heterocycles. The molecule has 0 amide bonds. The van der Waals surface area contributed by atoms with Crippen molar-refractivity contribution in [3.8, 4) is 5.75 Å². The van der Waals surface area contributed by atoms with E-state index in [1.165, 1.54) is 24.8 Å². The number of hydrogen-bond donors (Lipinski definition) is 2. The van der Waals surface area contributed by atoms with Crippen LogP contribution in [0.4, 0.5) is 0 Å². The molecule has 3 heteroatoms. The molecule has 2 rings (SSSR count). The van der Waals surface area contributed by atoms with Crippen LogP contribution in [-0.4, -0.2) is 25.4 Å². The predicted molar refractivity (Wildman–Crippen MR) is 77.3 cm³/mol. The first-order valence-corrected chi connectivity index (χ1v) is 7.22. The maximum absolute atomic E-state index is 9.66. The van der Waals surface area contributed by atoms with Crippen LogP contribution in [0.15, 0.2) is 24.3 Å². The summed E-state index contributed by atoms with van der Waals surface area (Å²) in [6.07, 6.45) is 6.11. The number of aliphatic hydroxyl groups is 1. The van der Waals surface area contributed by atoms with E-state index >= 15 is 0 Å². The lowest BCUT2D eigenvalue weighted by molar-refractivity contribution is 0.0810. The van der Waals surface area contributed by atoms with Gasteiger partial charge in [0.05, 0.1) is 7.11 Å². The van der Waals surface area contributed by atoms with Gasteiger partial charge in [0, 0.05) is 25.1 Å². The summed E-state index contributed by atoms with van der Waals surface area (Å²) in [4.78, 5) is 0. The molecule has 3 nitrogen and oxygen atoms in total. The molecule has 1 aliphatic carbocycles. The van der Waals surface area contributed by atoms with Gasteiger partial charge in [0.1, 0.15) is 5.75 Å². The first kappa shape index (κ1) is 14.4. The highest BCUT2D eigenvalue weighted by Gasteiger charge is 2.30. The number of ether oxygens (including phenoxy) is 1. The van der Waals surface area contributed by atoms with Gasteiger partial charge in [0.15, 0.2) is 0 Å². The summed E-state index contributed by atoms with van der Waals surface area (Å²) in [7, 11) is 1.69. The fourth-order valence-electron chi connectivity index (χ4n) is 2.95. The summed E-state index contributed by atoms with van der Waals surface area (Å²) in [6.45, 7) is 2.04. The topological polar surface area (TPSA) is 41.5 Å². The molecule has 0 atom stereocenters. The van der Waals surface area contributed by atoms with Crippen molar-refractivity contribution in [2.45, 2.75) is 38.6 Å². The maximum atomic E-state index is 9.66. The summed E-state index contributed by atoms with van der Waals surface area (Å²) in [5.41, 5.74) is 1.33. The summed E-state index contributed by atoms with van der Waals surface area (Å²) in [5.74, 6) is 0.897. The Morgan fingerprint density at radius 3 is 2.74 bits per heavy atom. The van der Waals surface area contributed by atoms with Crippen molar-refractivity contribution in [3.05, 3.63) is 29.8 Å². The number of rotatable bonds is 6. The van der Waals surface area contributed by atoms with Crippen LogP contribution in [0.1, 0.15) is 37.7 Å². The van der Waals surface area contributed by atoms with Crippen LogP contribution >= 0.6 is 0 Å². The van der Waals surface area contributed by atoms with E-state index in [0.29, 0.717) is 6.61 Å². The molecule has 0 unspecified atom stereocenters. The van der Waals surface area contributed by atoms with Gasteiger partial charge in [-0.2, -0.15) is 0 Å². The molecule has 0 spiro atoms. The van der Waals surface area contributed by atoms with Gasteiger partial charge in [-0.3, -0.25) is 0 Å². The van der Waals surface area contributed by atoms with E-state index in [-0.39, 0.29) is 5.41 Å². The van der Waals surface area contributed by atoms with E-state index in [4.69, 9.17) is 4.74 Å². The average molecular weight is 263 g/mol. The second kappa shape index (κ2) is 6.92. The SMILES string of the molecule is COc1cccc(CNCC2(CO)CCCCC2)c1. The van der Waals surface area contributed by atoms with Crippen LogP contribution in [0.3, 0.4) is 0 Å². The van der Waals surface area contributed by atoms with Crippen molar-refractivity contribution in [3.63, 3.8) is 0 Å². The zero-order chi connectivity index (χ0) is 13.6. The van der Waals surface area contributed by atoms with E-state index in [2.05, 4.69) is 17.4 Å². The molecule has 106 valence electrons. The molecule has 1 aromatic rings. The molecule has 1 fully saturated rings. The van der Waals surface area contributed by atoms with Crippen molar-refractivity contribution in [1.29, 1.82) is 0 Å². The van der Waals surface area contributed by atoms with Gasteiger partial charge in [0.2, 0.25) is 0 Å². The lowest BCUT2D eigenvalue weighted by atomic mass is 9.74. The van der Waals surface area contributed by atoms with Gasteiger partial charge in [-0.05, 0) is 30.5 Å². The summed E-state index contributed by atoms with van der Waals surface area (Å²) >= 11 is 0. The lowest BCUT2D eigenvalue weighted by Gasteiger charge is -2.35. The van der Waals surface area contributed by atoms with Crippen LogP contribution in [0.5, 0.6) is 5.75 Å². The number of methoxy groups -OCH3 is 1. The molecule has 1 aliphatic rings. The molecule has 2 N–H and O–H groups in total. The van der Waals surface area contributed by atoms with Crippen LogP contribution in [0, 0.1) is 5.41 Å². The van der Waals surface area contributed by atoms with E-state index in [1.54, 1.807) is 7.11 Å². The first-order valence-electron chi connectivity index (χ1n) is 7.22. The molecule has 0 bridgehead atoms. The van der Waals surface area contributed by atoms with Crippen molar-refractivity contribution in [2.24, 2.45) is 5.41 Å². The Hall–Kier alpha value is -1.06. The molecule has 19 heavy (non-hydrogen) atoms. The Morgan fingerprint density at radius 2 is 2.05 bits per heavy atom. The molecule has 0 heterocycles. The standard InChI is InChI=1S/C16H25NO2/c1-19-15-7-5-6-14(10-15)11-17-12-16(13-18)8-3-2-4-9-16/h5-7,10,17-18H,2-4,8-9,11-13H2,1H3. The minimum absolute atomic E-state index is 0.108. The average Bonchev–Trinajstić information content (AvgIpc) is 2.48. The van der Waals surface area contributed by atoms with Gasteiger partial charge in [-0.1, -0.05) is 31.4 Å². The monoisotopic (exact) mass is 263 g/mol. The Balaban J connectivity index is 1.84. The number of benzene rings is 1. The van der Waals surface area contributed by atoms with Gasteiger partial charge in [0.25, 0.3) is 0 Å². The summed E-state index contributed by atoms with van der Waals surface area (Å²) < 4.78 is 5.22. The van der Waals surface area contributed by atoms with E-state index < -0.39 is 0 Å². The quantitative estimate of drug-likeness (QED) is 0.829. The van der Waals surface area contributed by atoms with Crippen LogP contribution < -0.4 is 10.1 Å². The third-order valence-electron chi connectivity index (χ3n) is 4.21. The highest BCUT2D eigenvalue weighted by molar-refractivity contribution is 5.28. The normalized spacial score (nSPS) is 18.2. The van der Waals surface area contributed by atoms with Gasteiger partial charge >= 0.3 is 0 Å². The minimum atomic E-state index is 0.108. The fraction of sp³-hybridized carbons (Fsp3) is 0.625. The van der Waals surface area contributed by atoms with Crippen molar-refractivity contribution in [1.82, 2.24) is 5.32 Å². The number of nitrogens with one attached hydrogen (secondary N) is 1. The Kier molecular flexibility index (Phi) is 5.23. The second-order valence-electron chi connectivity index (χ2n) is 5.67. The smallest absolute Gasteiger partial charge is 0.119 e. The number of hydrogen-bond acceptors (Lipinski definition) is 3. The molecular weight excluding hydrogens is 238 g/mol. The van der Waals surface area contributed by atoms with Crippen molar-refractivity contribution in [2.75, 3.05) is 20.3 Å². The highest BCUT2D eigenvalue weighted by Crippen LogP contribution is 2.35. The Bertz CT molecular complexity index is 386. The van der Waals surface area contributed by atoms with Crippen molar-refractivity contribution >= 4 is 0 Å². The van der Waals surface area contributed by atoms with Gasteiger partial charge < -0.3 is 15.2 Å². The molecule has 0 aliphatic heterocycles. The predicted octanol–water partition coefficient (Wildman–Crippen LogP) is 2.73. The first-order chi connectivity index (χ1) is 9.28. The molecule has 1 aromatic carbocycles. The molecule has 0 radical (unpaired) electrons.